The molecule has 1 nitrogen and oxygen atoms in total. The lowest BCUT2D eigenvalue weighted by molar-refractivity contribution is -0.121. The van der Waals surface area contributed by atoms with Gasteiger partial charge in [-0.3, -0.25) is 4.79 Å². The Hall–Kier alpha value is -0.590. The number of allylic oxidation sites excluding steroid dienone is 2. The molecule has 1 aliphatic rings. The minimum atomic E-state index is 0.327. The topological polar surface area (TPSA) is 17.1 Å². The number of carbonyl (C=O) groups excluding carboxylic acids is 1. The van der Waals surface area contributed by atoms with Gasteiger partial charge in [0, 0.05) is 12.3 Å². The summed E-state index contributed by atoms with van der Waals surface area (Å²) in [5.74, 6) is 1.41. The van der Waals surface area contributed by atoms with Crippen molar-refractivity contribution in [2.45, 2.75) is 39.5 Å². The molecule has 0 aromatic rings. The first-order chi connectivity index (χ1) is 5.75. The Bertz CT molecular complexity index is 181. The van der Waals surface area contributed by atoms with Crippen molar-refractivity contribution in [2.75, 3.05) is 0 Å². The summed E-state index contributed by atoms with van der Waals surface area (Å²) < 4.78 is 0. The van der Waals surface area contributed by atoms with Crippen molar-refractivity contribution in [3.8, 4) is 0 Å². The smallest absolute Gasteiger partial charge is 0.136 e. The lowest BCUT2D eigenvalue weighted by Gasteiger charge is -2.10. The van der Waals surface area contributed by atoms with Gasteiger partial charge in [0.2, 0.25) is 0 Å². The molecule has 0 heterocycles. The van der Waals surface area contributed by atoms with Gasteiger partial charge in [-0.25, -0.2) is 0 Å². The molecule has 2 unspecified atom stereocenters. The van der Waals surface area contributed by atoms with Crippen molar-refractivity contribution in [2.24, 2.45) is 11.8 Å². The van der Waals surface area contributed by atoms with Gasteiger partial charge in [0.05, 0.1) is 0 Å². The van der Waals surface area contributed by atoms with Crippen molar-refractivity contribution >= 4 is 5.78 Å². The van der Waals surface area contributed by atoms with Crippen LogP contribution in [0.4, 0.5) is 0 Å². The summed E-state index contributed by atoms with van der Waals surface area (Å²) in [6, 6.07) is 0. The van der Waals surface area contributed by atoms with Crippen molar-refractivity contribution in [1.82, 2.24) is 0 Å². The second-order valence-corrected chi connectivity index (χ2v) is 3.70. The van der Waals surface area contributed by atoms with E-state index >= 15 is 0 Å². The highest BCUT2D eigenvalue weighted by molar-refractivity contribution is 5.83. The van der Waals surface area contributed by atoms with Gasteiger partial charge in [-0.2, -0.15) is 0 Å². The van der Waals surface area contributed by atoms with Crippen LogP contribution in [0.5, 0.6) is 0 Å². The number of hydrogen-bond acceptors (Lipinski definition) is 1. The fraction of sp³-hybridized carbons (Fsp3) is 0.727. The first-order valence-corrected chi connectivity index (χ1v) is 4.93. The average Bonchev–Trinajstić information content (AvgIpc) is 2.35. The van der Waals surface area contributed by atoms with E-state index < -0.39 is 0 Å². The molecule has 0 N–H and O–H groups in total. The zero-order chi connectivity index (χ0) is 8.97. The van der Waals surface area contributed by atoms with Crippen LogP contribution in [0, 0.1) is 11.8 Å². The quantitative estimate of drug-likeness (QED) is 0.589. The summed E-state index contributed by atoms with van der Waals surface area (Å²) in [6.07, 6.45) is 8.26. The first-order valence-electron chi connectivity index (χ1n) is 4.93. The normalized spacial score (nSPS) is 30.3. The van der Waals surface area contributed by atoms with Gasteiger partial charge in [0.25, 0.3) is 0 Å². The fourth-order valence-electron chi connectivity index (χ4n) is 1.85. The number of carbonyl (C=O) groups is 1. The summed E-state index contributed by atoms with van der Waals surface area (Å²) in [4.78, 5) is 11.3. The van der Waals surface area contributed by atoms with E-state index in [-0.39, 0.29) is 0 Å². The van der Waals surface area contributed by atoms with Crippen LogP contribution in [-0.4, -0.2) is 5.78 Å². The number of Topliss-reactive ketones (excluding diaryl/α,β-unsaturated/α-hetero) is 1. The summed E-state index contributed by atoms with van der Waals surface area (Å²) in [5.41, 5.74) is 0. The molecule has 0 spiro atoms. The third-order valence-electron chi connectivity index (χ3n) is 2.74. The number of rotatable bonds is 3. The zero-order valence-electron chi connectivity index (χ0n) is 8.05. The number of hydrogen-bond donors (Lipinski definition) is 0. The molecule has 1 fully saturated rings. The monoisotopic (exact) mass is 166 g/mol. The zero-order valence-corrected chi connectivity index (χ0v) is 8.05. The average molecular weight is 166 g/mol. The molecule has 0 aromatic heterocycles. The second kappa shape index (κ2) is 4.44. The largest absolute Gasteiger partial charge is 0.299 e. The molecule has 0 aliphatic heterocycles. The Kier molecular flexibility index (Phi) is 3.51. The maximum atomic E-state index is 11.3. The molecule has 0 radical (unpaired) electrons. The molecule has 2 atom stereocenters. The van der Waals surface area contributed by atoms with E-state index in [9.17, 15) is 4.79 Å². The lowest BCUT2D eigenvalue weighted by atomic mass is 9.94. The van der Waals surface area contributed by atoms with Crippen LogP contribution in [0.3, 0.4) is 0 Å². The highest BCUT2D eigenvalue weighted by atomic mass is 16.1. The second-order valence-electron chi connectivity index (χ2n) is 3.70. The summed E-state index contributed by atoms with van der Waals surface area (Å²) in [7, 11) is 0. The SMILES string of the molecule is CCC=CCC1C(=O)CCC1C. The van der Waals surface area contributed by atoms with Gasteiger partial charge < -0.3 is 0 Å². The van der Waals surface area contributed by atoms with Gasteiger partial charge in [0.15, 0.2) is 0 Å². The van der Waals surface area contributed by atoms with Crippen molar-refractivity contribution in [3.63, 3.8) is 0 Å². The number of ketones is 1. The molecule has 1 aliphatic carbocycles. The van der Waals surface area contributed by atoms with Crippen LogP contribution in [0.1, 0.15) is 39.5 Å². The van der Waals surface area contributed by atoms with E-state index in [0.29, 0.717) is 17.6 Å². The van der Waals surface area contributed by atoms with Gasteiger partial charge in [-0.05, 0) is 25.2 Å². The van der Waals surface area contributed by atoms with Crippen LogP contribution in [0.15, 0.2) is 12.2 Å². The van der Waals surface area contributed by atoms with Gasteiger partial charge >= 0.3 is 0 Å². The molecule has 68 valence electrons. The Morgan fingerprint density at radius 3 is 2.75 bits per heavy atom. The molecule has 12 heavy (non-hydrogen) atoms. The standard InChI is InChI=1S/C11H18O/c1-3-4-5-6-10-9(2)7-8-11(10)12/h4-5,9-10H,3,6-8H2,1-2H3. The maximum Gasteiger partial charge on any atom is 0.136 e. The van der Waals surface area contributed by atoms with Crippen LogP contribution in [-0.2, 0) is 4.79 Å². The maximum absolute atomic E-state index is 11.3. The lowest BCUT2D eigenvalue weighted by Crippen LogP contribution is -2.10. The molecule has 1 saturated carbocycles. The summed E-state index contributed by atoms with van der Waals surface area (Å²) in [5, 5.41) is 0. The highest BCUT2D eigenvalue weighted by Gasteiger charge is 2.29. The van der Waals surface area contributed by atoms with E-state index in [4.69, 9.17) is 0 Å². The van der Waals surface area contributed by atoms with Crippen LogP contribution >= 0.6 is 0 Å². The Morgan fingerprint density at radius 2 is 2.25 bits per heavy atom. The predicted octanol–water partition coefficient (Wildman–Crippen LogP) is 2.96. The molecule has 0 amide bonds. The van der Waals surface area contributed by atoms with Gasteiger partial charge in [-0.15, -0.1) is 0 Å². The minimum Gasteiger partial charge on any atom is -0.299 e. The van der Waals surface area contributed by atoms with Crippen molar-refractivity contribution in [3.05, 3.63) is 12.2 Å². The molecular formula is C11H18O. The third kappa shape index (κ3) is 2.20. The van der Waals surface area contributed by atoms with E-state index in [2.05, 4.69) is 26.0 Å². The van der Waals surface area contributed by atoms with Gasteiger partial charge in [-0.1, -0.05) is 26.0 Å². The van der Waals surface area contributed by atoms with Gasteiger partial charge in [0.1, 0.15) is 5.78 Å². The first kappa shape index (κ1) is 9.50. The van der Waals surface area contributed by atoms with E-state index in [1.807, 2.05) is 0 Å². The van der Waals surface area contributed by atoms with Crippen molar-refractivity contribution in [1.29, 1.82) is 0 Å². The molecule has 1 rings (SSSR count). The van der Waals surface area contributed by atoms with Crippen LogP contribution in [0.25, 0.3) is 0 Å². The molecule has 0 bridgehead atoms. The third-order valence-corrected chi connectivity index (χ3v) is 2.74. The van der Waals surface area contributed by atoms with E-state index in [1.165, 1.54) is 0 Å². The van der Waals surface area contributed by atoms with E-state index in [0.717, 1.165) is 25.7 Å². The molecule has 0 aromatic carbocycles. The minimum absolute atomic E-state index is 0.327. The van der Waals surface area contributed by atoms with Crippen LogP contribution < -0.4 is 0 Å². The fourth-order valence-corrected chi connectivity index (χ4v) is 1.85. The van der Waals surface area contributed by atoms with Crippen LogP contribution in [0.2, 0.25) is 0 Å². The molecular weight excluding hydrogens is 148 g/mol. The predicted molar refractivity (Wildman–Crippen MR) is 50.9 cm³/mol. The molecule has 1 heteroatoms. The summed E-state index contributed by atoms with van der Waals surface area (Å²) in [6.45, 7) is 4.31. The summed E-state index contributed by atoms with van der Waals surface area (Å²) >= 11 is 0. The van der Waals surface area contributed by atoms with Crippen molar-refractivity contribution < 1.29 is 4.79 Å². The molecule has 0 saturated heterocycles. The van der Waals surface area contributed by atoms with E-state index in [1.54, 1.807) is 0 Å². The highest BCUT2D eigenvalue weighted by Crippen LogP contribution is 2.30. The Morgan fingerprint density at radius 1 is 1.50 bits per heavy atom. The Balaban J connectivity index is 2.39. The Labute approximate surface area is 74.9 Å².